The smallest absolute Gasteiger partial charge is 0.341 e. The van der Waals surface area contributed by atoms with Crippen molar-refractivity contribution >= 4 is 17.4 Å². The molecule has 2 aromatic heterocycles. The third-order valence-corrected chi connectivity index (χ3v) is 3.57. The van der Waals surface area contributed by atoms with Crippen LogP contribution in [0.25, 0.3) is 10.7 Å². The molecule has 2 rings (SSSR count). The summed E-state index contributed by atoms with van der Waals surface area (Å²) in [5.74, 6) is -1.50. The van der Waals surface area contributed by atoms with Crippen molar-refractivity contribution in [2.45, 2.75) is 12.7 Å². The Bertz CT molecular complexity index is 637. The number of aromatic nitrogens is 2. The first-order valence-corrected chi connectivity index (χ1v) is 6.55. The Balaban J connectivity index is 2.13. The standard InChI is InChI=1S/C11H11F3N4O2S/c1-15-10(19)18(2)5-6-3-4-7(21-6)8-16-9(20-17-8)11(12,13)14/h3-4H,5H2,1-2H3,(H,15,19). The summed E-state index contributed by atoms with van der Waals surface area (Å²) in [6.45, 7) is 0.328. The van der Waals surface area contributed by atoms with Crippen LogP contribution in [0.5, 0.6) is 0 Å². The fourth-order valence-corrected chi connectivity index (χ4v) is 2.51. The largest absolute Gasteiger partial charge is 0.471 e. The van der Waals surface area contributed by atoms with Crippen molar-refractivity contribution in [3.8, 4) is 10.7 Å². The quantitative estimate of drug-likeness (QED) is 0.943. The Morgan fingerprint density at radius 3 is 2.76 bits per heavy atom. The minimum atomic E-state index is -4.66. The van der Waals surface area contributed by atoms with Crippen molar-refractivity contribution in [2.24, 2.45) is 0 Å². The fraction of sp³-hybridized carbons (Fsp3) is 0.364. The summed E-state index contributed by atoms with van der Waals surface area (Å²) in [6, 6.07) is 3.02. The first-order valence-electron chi connectivity index (χ1n) is 5.74. The van der Waals surface area contributed by atoms with Crippen molar-refractivity contribution in [3.63, 3.8) is 0 Å². The first-order chi connectivity index (χ1) is 9.81. The van der Waals surface area contributed by atoms with Gasteiger partial charge in [-0.2, -0.15) is 18.2 Å². The number of halogens is 3. The molecular formula is C11H11F3N4O2S. The van der Waals surface area contributed by atoms with Crippen molar-refractivity contribution in [2.75, 3.05) is 14.1 Å². The summed E-state index contributed by atoms with van der Waals surface area (Å²) in [5, 5.41) is 5.78. The van der Waals surface area contributed by atoms with Crippen molar-refractivity contribution in [3.05, 3.63) is 22.9 Å². The maximum Gasteiger partial charge on any atom is 0.471 e. The van der Waals surface area contributed by atoms with Crippen LogP contribution in [-0.2, 0) is 12.7 Å². The first kappa shape index (κ1) is 15.3. The highest BCUT2D eigenvalue weighted by molar-refractivity contribution is 7.15. The van der Waals surface area contributed by atoms with Crippen LogP contribution in [0.2, 0.25) is 0 Å². The van der Waals surface area contributed by atoms with E-state index in [1.54, 1.807) is 19.2 Å². The molecule has 2 heterocycles. The number of carbonyl (C=O) groups excluding carboxylic acids is 1. The molecule has 2 amide bonds. The molecule has 0 aliphatic rings. The molecule has 0 radical (unpaired) electrons. The highest BCUT2D eigenvalue weighted by Gasteiger charge is 2.38. The van der Waals surface area contributed by atoms with E-state index in [-0.39, 0.29) is 11.9 Å². The lowest BCUT2D eigenvalue weighted by Gasteiger charge is -2.14. The topological polar surface area (TPSA) is 71.3 Å². The van der Waals surface area contributed by atoms with Crippen LogP contribution in [0.15, 0.2) is 16.7 Å². The summed E-state index contributed by atoms with van der Waals surface area (Å²) in [5.41, 5.74) is 0. The molecule has 1 N–H and O–H groups in total. The van der Waals surface area contributed by atoms with E-state index in [9.17, 15) is 18.0 Å². The molecule has 0 unspecified atom stereocenters. The van der Waals surface area contributed by atoms with Gasteiger partial charge in [0.25, 0.3) is 0 Å². The number of nitrogens with one attached hydrogen (secondary N) is 1. The van der Waals surface area contributed by atoms with Gasteiger partial charge in [-0.15, -0.1) is 11.3 Å². The molecule has 0 aliphatic carbocycles. The normalized spacial score (nSPS) is 11.5. The van der Waals surface area contributed by atoms with Crippen LogP contribution < -0.4 is 5.32 Å². The van der Waals surface area contributed by atoms with Gasteiger partial charge in [0.15, 0.2) is 0 Å². The predicted molar refractivity (Wildman–Crippen MR) is 68.5 cm³/mol. The summed E-state index contributed by atoms with van der Waals surface area (Å²) >= 11 is 1.19. The number of rotatable bonds is 3. The number of alkyl halides is 3. The van der Waals surface area contributed by atoms with E-state index in [4.69, 9.17) is 0 Å². The van der Waals surface area contributed by atoms with E-state index in [0.29, 0.717) is 11.4 Å². The second-order valence-corrected chi connectivity index (χ2v) is 5.27. The number of hydrogen-bond acceptors (Lipinski definition) is 5. The Labute approximate surface area is 121 Å². The minimum Gasteiger partial charge on any atom is -0.341 e. The number of amides is 2. The van der Waals surface area contributed by atoms with Gasteiger partial charge in [0, 0.05) is 19.0 Å². The Kier molecular flexibility index (Phi) is 4.16. The average molecular weight is 320 g/mol. The van der Waals surface area contributed by atoms with Gasteiger partial charge in [-0.3, -0.25) is 0 Å². The van der Waals surface area contributed by atoms with Gasteiger partial charge in [0.05, 0.1) is 11.4 Å². The lowest BCUT2D eigenvalue weighted by atomic mass is 10.4. The second kappa shape index (κ2) is 5.72. The fourth-order valence-electron chi connectivity index (χ4n) is 1.52. The summed E-state index contributed by atoms with van der Waals surface area (Å²) in [7, 11) is 3.12. The van der Waals surface area contributed by atoms with Crippen LogP contribution in [0, 0.1) is 0 Å². The lowest BCUT2D eigenvalue weighted by molar-refractivity contribution is -0.159. The van der Waals surface area contributed by atoms with Crippen molar-refractivity contribution < 1.29 is 22.5 Å². The number of carbonyl (C=O) groups is 1. The summed E-state index contributed by atoms with van der Waals surface area (Å²) in [6.07, 6.45) is -4.66. The molecule has 0 atom stereocenters. The number of hydrogen-bond donors (Lipinski definition) is 1. The monoisotopic (exact) mass is 320 g/mol. The molecule has 0 aliphatic heterocycles. The van der Waals surface area contributed by atoms with E-state index < -0.39 is 12.1 Å². The zero-order valence-corrected chi connectivity index (χ0v) is 11.9. The number of urea groups is 1. The van der Waals surface area contributed by atoms with Crippen LogP contribution in [0.3, 0.4) is 0 Å². The second-order valence-electron chi connectivity index (χ2n) is 4.10. The highest BCUT2D eigenvalue weighted by atomic mass is 32.1. The van der Waals surface area contributed by atoms with E-state index in [0.717, 1.165) is 4.88 Å². The maximum absolute atomic E-state index is 12.4. The molecule has 0 aromatic carbocycles. The van der Waals surface area contributed by atoms with Gasteiger partial charge in [-0.1, -0.05) is 5.16 Å². The van der Waals surface area contributed by atoms with Crippen molar-refractivity contribution in [1.29, 1.82) is 0 Å². The third kappa shape index (κ3) is 3.51. The Morgan fingerprint density at radius 1 is 1.48 bits per heavy atom. The minimum absolute atomic E-state index is 0.124. The van der Waals surface area contributed by atoms with Crippen LogP contribution >= 0.6 is 11.3 Å². The summed E-state index contributed by atoms with van der Waals surface area (Å²) in [4.78, 5) is 17.3. The number of thiophene rings is 1. The van der Waals surface area contributed by atoms with Crippen LogP contribution in [0.4, 0.5) is 18.0 Å². The van der Waals surface area contributed by atoms with Crippen LogP contribution in [0.1, 0.15) is 10.8 Å². The Morgan fingerprint density at radius 2 is 2.19 bits per heavy atom. The molecule has 0 saturated carbocycles. The molecule has 10 heteroatoms. The van der Waals surface area contributed by atoms with Crippen molar-refractivity contribution in [1.82, 2.24) is 20.4 Å². The van der Waals surface area contributed by atoms with E-state index in [1.807, 2.05) is 0 Å². The summed E-state index contributed by atoms with van der Waals surface area (Å²) < 4.78 is 41.3. The predicted octanol–water partition coefficient (Wildman–Crippen LogP) is 2.59. The third-order valence-electron chi connectivity index (χ3n) is 2.50. The van der Waals surface area contributed by atoms with Gasteiger partial charge in [0.1, 0.15) is 0 Å². The molecule has 2 aromatic rings. The van der Waals surface area contributed by atoms with Gasteiger partial charge in [-0.25, -0.2) is 4.79 Å². The average Bonchev–Trinajstić information content (AvgIpc) is 3.04. The number of nitrogens with zero attached hydrogens (tertiary/aromatic N) is 3. The van der Waals surface area contributed by atoms with Gasteiger partial charge < -0.3 is 14.7 Å². The molecule has 6 nitrogen and oxygen atoms in total. The lowest BCUT2D eigenvalue weighted by Crippen LogP contribution is -2.34. The molecule has 0 spiro atoms. The van der Waals surface area contributed by atoms with Gasteiger partial charge in [0.2, 0.25) is 5.82 Å². The Hall–Kier alpha value is -2.10. The molecule has 0 fully saturated rings. The molecule has 0 saturated heterocycles. The molecule has 114 valence electrons. The zero-order valence-electron chi connectivity index (χ0n) is 11.1. The van der Waals surface area contributed by atoms with E-state index >= 15 is 0 Å². The van der Waals surface area contributed by atoms with E-state index in [1.165, 1.54) is 23.3 Å². The van der Waals surface area contributed by atoms with Gasteiger partial charge >= 0.3 is 18.1 Å². The van der Waals surface area contributed by atoms with Crippen LogP contribution in [-0.4, -0.2) is 35.2 Å². The maximum atomic E-state index is 12.4. The van der Waals surface area contributed by atoms with E-state index in [2.05, 4.69) is 20.0 Å². The van der Waals surface area contributed by atoms with Gasteiger partial charge in [-0.05, 0) is 12.1 Å². The molecular weight excluding hydrogens is 309 g/mol. The highest BCUT2D eigenvalue weighted by Crippen LogP contribution is 2.31. The SMILES string of the molecule is CNC(=O)N(C)Cc1ccc(-c2noc(C(F)(F)F)n2)s1. The zero-order chi connectivity index (χ0) is 15.6. The molecule has 21 heavy (non-hydrogen) atoms. The molecule has 0 bridgehead atoms.